The highest BCUT2D eigenvalue weighted by atomic mass is 16.5. The zero-order valence-corrected chi connectivity index (χ0v) is 8.14. The van der Waals surface area contributed by atoms with Gasteiger partial charge in [-0.15, -0.1) is 0 Å². The highest BCUT2D eigenvalue weighted by Crippen LogP contribution is 2.51. The average Bonchev–Trinajstić information content (AvgIpc) is 2.89. The average molecular weight is 195 g/mol. The minimum absolute atomic E-state index is 0.0418. The second-order valence-corrected chi connectivity index (χ2v) is 4.38. The van der Waals surface area contributed by atoms with Crippen LogP contribution in [0.5, 0.6) is 0 Å². The maximum Gasteiger partial charge on any atom is 0.315 e. The van der Waals surface area contributed by atoms with Crippen molar-refractivity contribution in [3.8, 4) is 0 Å². The lowest BCUT2D eigenvalue weighted by molar-refractivity contribution is -0.159. The Morgan fingerprint density at radius 1 is 1.57 bits per heavy atom. The van der Waals surface area contributed by atoms with Gasteiger partial charge in [0.25, 0.3) is 0 Å². The van der Waals surface area contributed by atoms with E-state index in [1.165, 1.54) is 0 Å². The minimum atomic E-state index is -0.599. The van der Waals surface area contributed by atoms with Gasteiger partial charge < -0.3 is 4.74 Å². The molecular weight excluding hydrogens is 182 g/mol. The van der Waals surface area contributed by atoms with E-state index in [0.717, 1.165) is 19.3 Å². The van der Waals surface area contributed by atoms with Crippen LogP contribution in [0.15, 0.2) is 5.11 Å². The van der Waals surface area contributed by atoms with Crippen molar-refractivity contribution in [1.82, 2.24) is 0 Å². The SMILES string of the molecule is CC1([C@@H]2CCC(N=[N+]=[N-])C(=O)O2)CC1. The fourth-order valence-electron chi connectivity index (χ4n) is 1.88. The van der Waals surface area contributed by atoms with Crippen molar-refractivity contribution in [1.29, 1.82) is 0 Å². The fraction of sp³-hybridized carbons (Fsp3) is 0.889. The number of carbonyl (C=O) groups is 1. The van der Waals surface area contributed by atoms with E-state index in [9.17, 15) is 4.79 Å². The molecule has 0 radical (unpaired) electrons. The second kappa shape index (κ2) is 3.17. The van der Waals surface area contributed by atoms with E-state index in [1.54, 1.807) is 0 Å². The van der Waals surface area contributed by atoms with Crippen molar-refractivity contribution in [2.24, 2.45) is 10.5 Å². The summed E-state index contributed by atoms with van der Waals surface area (Å²) in [7, 11) is 0. The van der Waals surface area contributed by atoms with Crippen LogP contribution in [0.3, 0.4) is 0 Å². The number of rotatable bonds is 2. The quantitative estimate of drug-likeness (QED) is 0.293. The molecule has 1 saturated heterocycles. The molecular formula is C9H13N3O2. The molecule has 2 atom stereocenters. The number of nitrogens with zero attached hydrogens (tertiary/aromatic N) is 3. The van der Waals surface area contributed by atoms with Crippen LogP contribution in [-0.2, 0) is 9.53 Å². The number of carbonyl (C=O) groups excluding carboxylic acids is 1. The fourth-order valence-corrected chi connectivity index (χ4v) is 1.88. The first kappa shape index (κ1) is 9.34. The normalized spacial score (nSPS) is 34.2. The molecule has 0 aromatic heterocycles. The summed E-state index contributed by atoms with van der Waals surface area (Å²) in [6, 6.07) is -0.599. The Morgan fingerprint density at radius 3 is 2.79 bits per heavy atom. The second-order valence-electron chi connectivity index (χ2n) is 4.38. The molecule has 1 saturated carbocycles. The van der Waals surface area contributed by atoms with Gasteiger partial charge in [0.1, 0.15) is 12.1 Å². The first-order chi connectivity index (χ1) is 6.65. The van der Waals surface area contributed by atoms with Gasteiger partial charge in [0.15, 0.2) is 0 Å². The molecule has 0 N–H and O–H groups in total. The van der Waals surface area contributed by atoms with Gasteiger partial charge >= 0.3 is 5.97 Å². The van der Waals surface area contributed by atoms with Crippen LogP contribution in [0.1, 0.15) is 32.6 Å². The molecule has 0 bridgehead atoms. The number of azide groups is 1. The summed E-state index contributed by atoms with van der Waals surface area (Å²) in [6.07, 6.45) is 3.77. The minimum Gasteiger partial charge on any atom is -0.461 e. The zero-order chi connectivity index (χ0) is 10.2. The van der Waals surface area contributed by atoms with Crippen molar-refractivity contribution in [2.75, 3.05) is 0 Å². The van der Waals surface area contributed by atoms with Gasteiger partial charge in [0, 0.05) is 10.3 Å². The number of ether oxygens (including phenoxy) is 1. The number of esters is 1. The zero-order valence-electron chi connectivity index (χ0n) is 8.14. The van der Waals surface area contributed by atoms with Crippen LogP contribution in [0, 0.1) is 5.41 Å². The van der Waals surface area contributed by atoms with Crippen LogP contribution in [0.4, 0.5) is 0 Å². The molecule has 2 aliphatic rings. The molecule has 2 rings (SSSR count). The Bertz CT molecular complexity index is 305. The summed E-state index contributed by atoms with van der Waals surface area (Å²) < 4.78 is 5.27. The van der Waals surface area contributed by atoms with E-state index in [4.69, 9.17) is 10.3 Å². The van der Waals surface area contributed by atoms with Gasteiger partial charge in [0.2, 0.25) is 0 Å². The highest BCUT2D eigenvalue weighted by molar-refractivity contribution is 5.76. The molecule has 0 spiro atoms. The van der Waals surface area contributed by atoms with E-state index in [2.05, 4.69) is 16.9 Å². The molecule has 1 aliphatic carbocycles. The highest BCUT2D eigenvalue weighted by Gasteiger charge is 2.49. The van der Waals surface area contributed by atoms with Gasteiger partial charge in [-0.05, 0) is 31.2 Å². The Hall–Kier alpha value is -1.22. The van der Waals surface area contributed by atoms with Gasteiger partial charge in [-0.1, -0.05) is 12.0 Å². The smallest absolute Gasteiger partial charge is 0.315 e. The molecule has 5 heteroatoms. The molecule has 2 fully saturated rings. The van der Waals surface area contributed by atoms with Crippen LogP contribution >= 0.6 is 0 Å². The molecule has 0 aromatic rings. The summed E-state index contributed by atoms with van der Waals surface area (Å²) in [4.78, 5) is 14.0. The number of hydrogen-bond acceptors (Lipinski definition) is 3. The number of cyclic esters (lactones) is 1. The lowest BCUT2D eigenvalue weighted by Crippen LogP contribution is -2.37. The third-order valence-electron chi connectivity index (χ3n) is 3.24. The largest absolute Gasteiger partial charge is 0.461 e. The van der Waals surface area contributed by atoms with Gasteiger partial charge in [-0.2, -0.15) is 0 Å². The van der Waals surface area contributed by atoms with Crippen LogP contribution in [-0.4, -0.2) is 18.1 Å². The predicted octanol–water partition coefficient (Wildman–Crippen LogP) is 2.17. The van der Waals surface area contributed by atoms with Crippen molar-refractivity contribution in [3.63, 3.8) is 0 Å². The molecule has 0 aromatic carbocycles. The van der Waals surface area contributed by atoms with Crippen molar-refractivity contribution in [3.05, 3.63) is 10.4 Å². The Kier molecular flexibility index (Phi) is 2.11. The Balaban J connectivity index is 1.99. The molecule has 1 aliphatic heterocycles. The molecule has 1 heterocycles. The third kappa shape index (κ3) is 1.55. The van der Waals surface area contributed by atoms with Gasteiger partial charge in [0.05, 0.1) is 0 Å². The lowest BCUT2D eigenvalue weighted by atomic mass is 9.93. The van der Waals surface area contributed by atoms with Crippen LogP contribution in [0.2, 0.25) is 0 Å². The molecule has 5 nitrogen and oxygen atoms in total. The summed E-state index contributed by atoms with van der Waals surface area (Å²) in [5, 5.41) is 3.41. The standard InChI is InChI=1S/C9H13N3O2/c1-9(4-5-9)7-3-2-6(11-12-10)8(13)14-7/h6-7H,2-5H2,1H3/t6?,7-/m0/s1. The Labute approximate surface area is 82.1 Å². The predicted molar refractivity (Wildman–Crippen MR) is 49.4 cm³/mol. The molecule has 1 unspecified atom stereocenters. The summed E-state index contributed by atoms with van der Waals surface area (Å²) in [6.45, 7) is 2.14. The topological polar surface area (TPSA) is 75.1 Å². The maximum atomic E-state index is 11.4. The van der Waals surface area contributed by atoms with E-state index in [1.807, 2.05) is 0 Å². The summed E-state index contributed by atoms with van der Waals surface area (Å²) in [5.74, 6) is -0.354. The third-order valence-corrected chi connectivity index (χ3v) is 3.24. The maximum absolute atomic E-state index is 11.4. The van der Waals surface area contributed by atoms with E-state index in [-0.39, 0.29) is 17.5 Å². The summed E-state index contributed by atoms with van der Waals surface area (Å²) >= 11 is 0. The van der Waals surface area contributed by atoms with E-state index >= 15 is 0 Å². The summed E-state index contributed by atoms with van der Waals surface area (Å²) in [5.41, 5.74) is 8.43. The van der Waals surface area contributed by atoms with Crippen molar-refractivity contribution in [2.45, 2.75) is 44.8 Å². The van der Waals surface area contributed by atoms with Crippen molar-refractivity contribution >= 4 is 5.97 Å². The lowest BCUT2D eigenvalue weighted by Gasteiger charge is -2.30. The van der Waals surface area contributed by atoms with E-state index < -0.39 is 6.04 Å². The first-order valence-corrected chi connectivity index (χ1v) is 4.90. The first-order valence-electron chi connectivity index (χ1n) is 4.90. The van der Waals surface area contributed by atoms with Crippen molar-refractivity contribution < 1.29 is 9.53 Å². The molecule has 76 valence electrons. The number of hydrogen-bond donors (Lipinski definition) is 0. The molecule has 14 heavy (non-hydrogen) atoms. The van der Waals surface area contributed by atoms with Gasteiger partial charge in [-0.25, -0.2) is 0 Å². The van der Waals surface area contributed by atoms with Gasteiger partial charge in [-0.3, -0.25) is 4.79 Å². The van der Waals surface area contributed by atoms with E-state index in [0.29, 0.717) is 6.42 Å². The van der Waals surface area contributed by atoms with Crippen LogP contribution < -0.4 is 0 Å². The van der Waals surface area contributed by atoms with Crippen LogP contribution in [0.25, 0.3) is 10.4 Å². The Morgan fingerprint density at radius 2 is 2.29 bits per heavy atom. The monoisotopic (exact) mass is 195 g/mol. The molecule has 0 amide bonds.